The van der Waals surface area contributed by atoms with E-state index in [0.29, 0.717) is 0 Å². The standard InChI is InChI=1S/C25H24O2/c1(6-18-26-24-16-8-12-20-10-2-4-14-22(20)24)7-19-27-25-17-9-13-21-11-3-5-15-23(21)25/h2-5,8-17H,1,6-7,18-19H2. The summed E-state index contributed by atoms with van der Waals surface area (Å²) >= 11 is 0. The number of fused-ring (bicyclic) bond motifs is 2. The van der Waals surface area contributed by atoms with Crippen LogP contribution in [0.15, 0.2) is 84.9 Å². The number of unbranched alkanes of at least 4 members (excludes halogenated alkanes) is 2. The molecule has 0 spiro atoms. The molecule has 0 N–H and O–H groups in total. The second kappa shape index (κ2) is 8.59. The van der Waals surface area contributed by atoms with Crippen LogP contribution in [0.3, 0.4) is 0 Å². The first-order valence-corrected chi connectivity index (χ1v) is 9.63. The van der Waals surface area contributed by atoms with Gasteiger partial charge in [0.1, 0.15) is 11.5 Å². The van der Waals surface area contributed by atoms with E-state index in [-0.39, 0.29) is 0 Å². The van der Waals surface area contributed by atoms with Crippen LogP contribution in [-0.4, -0.2) is 13.2 Å². The average Bonchev–Trinajstić information content (AvgIpc) is 2.73. The molecule has 0 saturated carbocycles. The van der Waals surface area contributed by atoms with Gasteiger partial charge in [0.2, 0.25) is 0 Å². The minimum absolute atomic E-state index is 0.738. The summed E-state index contributed by atoms with van der Waals surface area (Å²) in [6, 6.07) is 29.1. The Hall–Kier alpha value is -3.00. The van der Waals surface area contributed by atoms with E-state index in [9.17, 15) is 0 Å². The summed E-state index contributed by atoms with van der Waals surface area (Å²) in [7, 11) is 0. The van der Waals surface area contributed by atoms with Gasteiger partial charge in [-0.1, -0.05) is 72.8 Å². The van der Waals surface area contributed by atoms with E-state index in [0.717, 1.165) is 44.0 Å². The van der Waals surface area contributed by atoms with Gasteiger partial charge in [0.15, 0.2) is 0 Å². The van der Waals surface area contributed by atoms with Gasteiger partial charge in [-0.2, -0.15) is 0 Å². The minimum Gasteiger partial charge on any atom is -0.493 e. The molecule has 0 aliphatic carbocycles. The van der Waals surface area contributed by atoms with E-state index in [4.69, 9.17) is 9.47 Å². The fourth-order valence-electron chi connectivity index (χ4n) is 3.39. The quantitative estimate of drug-likeness (QED) is 0.330. The maximum absolute atomic E-state index is 6.00. The molecule has 0 saturated heterocycles. The van der Waals surface area contributed by atoms with Crippen LogP contribution >= 0.6 is 0 Å². The summed E-state index contributed by atoms with van der Waals surface area (Å²) < 4.78 is 12.0. The molecule has 2 nitrogen and oxygen atoms in total. The summed E-state index contributed by atoms with van der Waals surface area (Å²) in [5, 5.41) is 4.80. The van der Waals surface area contributed by atoms with Gasteiger partial charge in [-0.25, -0.2) is 0 Å². The highest BCUT2D eigenvalue weighted by atomic mass is 16.5. The van der Waals surface area contributed by atoms with Gasteiger partial charge >= 0.3 is 0 Å². The zero-order chi connectivity index (χ0) is 18.3. The molecule has 4 rings (SSSR count). The van der Waals surface area contributed by atoms with Crippen LogP contribution in [0.4, 0.5) is 0 Å². The van der Waals surface area contributed by atoms with Crippen LogP contribution in [0.1, 0.15) is 19.3 Å². The van der Waals surface area contributed by atoms with Gasteiger partial charge in [0.25, 0.3) is 0 Å². The Balaban J connectivity index is 1.22. The molecule has 0 aromatic heterocycles. The Bertz CT molecular complexity index is 929. The first kappa shape index (κ1) is 17.4. The number of ether oxygens (including phenoxy) is 2. The molecule has 27 heavy (non-hydrogen) atoms. The third kappa shape index (κ3) is 4.22. The van der Waals surface area contributed by atoms with Crippen LogP contribution in [-0.2, 0) is 0 Å². The lowest BCUT2D eigenvalue weighted by atomic mass is 10.1. The van der Waals surface area contributed by atoms with Gasteiger partial charge in [-0.15, -0.1) is 0 Å². The Morgan fingerprint density at radius 3 is 1.41 bits per heavy atom. The normalized spacial score (nSPS) is 11.0. The number of hydrogen-bond donors (Lipinski definition) is 0. The molecular formula is C25H24O2. The second-order valence-electron chi connectivity index (χ2n) is 6.71. The van der Waals surface area contributed by atoms with Gasteiger partial charge in [0.05, 0.1) is 13.2 Å². The first-order chi connectivity index (χ1) is 13.4. The molecule has 0 bridgehead atoms. The summed E-state index contributed by atoms with van der Waals surface area (Å²) in [6.45, 7) is 1.48. The van der Waals surface area contributed by atoms with Gasteiger partial charge in [-0.3, -0.25) is 0 Å². The van der Waals surface area contributed by atoms with E-state index in [1.807, 2.05) is 12.1 Å². The van der Waals surface area contributed by atoms with Crippen molar-refractivity contribution in [1.29, 1.82) is 0 Å². The molecule has 0 amide bonds. The summed E-state index contributed by atoms with van der Waals surface area (Å²) in [4.78, 5) is 0. The molecule has 0 aliphatic heterocycles. The van der Waals surface area contributed by atoms with Gasteiger partial charge in [0, 0.05) is 10.8 Å². The van der Waals surface area contributed by atoms with Crippen molar-refractivity contribution in [2.45, 2.75) is 19.3 Å². The summed E-state index contributed by atoms with van der Waals surface area (Å²) in [5.74, 6) is 1.94. The lowest BCUT2D eigenvalue weighted by molar-refractivity contribution is 0.282. The predicted octanol–water partition coefficient (Wildman–Crippen LogP) is 6.62. The smallest absolute Gasteiger partial charge is 0.127 e. The molecule has 0 unspecified atom stereocenters. The van der Waals surface area contributed by atoms with E-state index >= 15 is 0 Å². The highest BCUT2D eigenvalue weighted by molar-refractivity contribution is 5.88. The molecule has 4 aromatic carbocycles. The molecular weight excluding hydrogens is 332 g/mol. The fourth-order valence-corrected chi connectivity index (χ4v) is 3.39. The van der Waals surface area contributed by atoms with E-state index in [1.165, 1.54) is 21.5 Å². The van der Waals surface area contributed by atoms with Gasteiger partial charge in [-0.05, 0) is 42.2 Å². The van der Waals surface area contributed by atoms with Gasteiger partial charge < -0.3 is 9.47 Å². The minimum atomic E-state index is 0.738. The Morgan fingerprint density at radius 2 is 0.889 bits per heavy atom. The predicted molar refractivity (Wildman–Crippen MR) is 113 cm³/mol. The molecule has 0 fully saturated rings. The monoisotopic (exact) mass is 356 g/mol. The van der Waals surface area contributed by atoms with Crippen LogP contribution in [0.5, 0.6) is 11.5 Å². The van der Waals surface area contributed by atoms with Crippen molar-refractivity contribution >= 4 is 21.5 Å². The second-order valence-corrected chi connectivity index (χ2v) is 6.71. The largest absolute Gasteiger partial charge is 0.493 e. The number of hydrogen-bond acceptors (Lipinski definition) is 2. The summed E-state index contributed by atoms with van der Waals surface area (Å²) in [5.41, 5.74) is 0. The number of rotatable bonds is 8. The molecule has 0 atom stereocenters. The molecule has 4 aromatic rings. The third-order valence-corrected chi connectivity index (χ3v) is 4.80. The lowest BCUT2D eigenvalue weighted by Gasteiger charge is -2.10. The topological polar surface area (TPSA) is 18.5 Å². The van der Waals surface area contributed by atoms with Crippen molar-refractivity contribution in [3.8, 4) is 11.5 Å². The van der Waals surface area contributed by atoms with Crippen LogP contribution in [0.2, 0.25) is 0 Å². The van der Waals surface area contributed by atoms with E-state index in [2.05, 4.69) is 72.8 Å². The highest BCUT2D eigenvalue weighted by Gasteiger charge is 2.02. The Morgan fingerprint density at radius 1 is 0.444 bits per heavy atom. The van der Waals surface area contributed by atoms with Crippen molar-refractivity contribution in [2.24, 2.45) is 0 Å². The maximum Gasteiger partial charge on any atom is 0.127 e. The molecule has 136 valence electrons. The molecule has 0 heterocycles. The zero-order valence-corrected chi connectivity index (χ0v) is 15.4. The van der Waals surface area contributed by atoms with Crippen molar-refractivity contribution in [2.75, 3.05) is 13.2 Å². The molecule has 0 radical (unpaired) electrons. The van der Waals surface area contributed by atoms with Crippen molar-refractivity contribution < 1.29 is 9.47 Å². The van der Waals surface area contributed by atoms with Crippen LogP contribution < -0.4 is 9.47 Å². The maximum atomic E-state index is 6.00. The Labute approximate surface area is 160 Å². The Kier molecular flexibility index (Phi) is 5.54. The molecule has 0 aliphatic rings. The van der Waals surface area contributed by atoms with E-state index in [1.54, 1.807) is 0 Å². The first-order valence-electron chi connectivity index (χ1n) is 9.63. The van der Waals surface area contributed by atoms with Crippen LogP contribution in [0.25, 0.3) is 21.5 Å². The summed E-state index contributed by atoms with van der Waals surface area (Å²) in [6.07, 6.45) is 3.15. The van der Waals surface area contributed by atoms with Crippen molar-refractivity contribution in [3.63, 3.8) is 0 Å². The van der Waals surface area contributed by atoms with Crippen molar-refractivity contribution in [1.82, 2.24) is 0 Å². The van der Waals surface area contributed by atoms with E-state index < -0.39 is 0 Å². The lowest BCUT2D eigenvalue weighted by Crippen LogP contribution is -2.01. The fraction of sp³-hybridized carbons (Fsp3) is 0.200. The molecule has 2 heteroatoms. The third-order valence-electron chi connectivity index (χ3n) is 4.80. The SMILES string of the molecule is c1ccc2c(OCCCCCOc3cccc4ccccc34)cccc2c1. The highest BCUT2D eigenvalue weighted by Crippen LogP contribution is 2.26. The number of benzene rings is 4. The van der Waals surface area contributed by atoms with Crippen molar-refractivity contribution in [3.05, 3.63) is 84.9 Å². The zero-order valence-electron chi connectivity index (χ0n) is 15.4. The average molecular weight is 356 g/mol. The van der Waals surface area contributed by atoms with Crippen LogP contribution in [0, 0.1) is 0 Å².